The summed E-state index contributed by atoms with van der Waals surface area (Å²) in [6.07, 6.45) is 1.61. The molecule has 102 valence electrons. The van der Waals surface area contributed by atoms with E-state index >= 15 is 0 Å². The van der Waals surface area contributed by atoms with Gasteiger partial charge in [-0.25, -0.2) is 4.68 Å². The van der Waals surface area contributed by atoms with Gasteiger partial charge >= 0.3 is 6.01 Å². The van der Waals surface area contributed by atoms with Gasteiger partial charge in [0.15, 0.2) is 0 Å². The van der Waals surface area contributed by atoms with Gasteiger partial charge in [0.1, 0.15) is 5.75 Å². The Labute approximate surface area is 122 Å². The molecule has 20 heavy (non-hydrogen) atoms. The third-order valence-electron chi connectivity index (χ3n) is 2.87. The lowest BCUT2D eigenvalue weighted by atomic mass is 10.2. The molecule has 0 bridgehead atoms. The zero-order chi connectivity index (χ0) is 14.1. The summed E-state index contributed by atoms with van der Waals surface area (Å²) in [6, 6.07) is 7.49. The topological polar surface area (TPSA) is 72.8 Å². The highest BCUT2D eigenvalue weighted by molar-refractivity contribution is 9.10. The Morgan fingerprint density at radius 3 is 3.05 bits per heavy atom. The maximum Gasteiger partial charge on any atom is 0.321 e. The molecular weight excluding hydrogens is 324 g/mol. The van der Waals surface area contributed by atoms with Crippen molar-refractivity contribution in [3.63, 3.8) is 0 Å². The number of rotatable bonds is 3. The van der Waals surface area contributed by atoms with Gasteiger partial charge in [-0.1, -0.05) is 0 Å². The van der Waals surface area contributed by atoms with Crippen LogP contribution in [0.4, 0.5) is 0 Å². The Balaban J connectivity index is 2.00. The van der Waals surface area contributed by atoms with Crippen LogP contribution in [0.2, 0.25) is 0 Å². The molecule has 2 heterocycles. The Bertz CT molecular complexity index is 825. The minimum absolute atomic E-state index is 0.117. The van der Waals surface area contributed by atoms with Crippen molar-refractivity contribution in [1.29, 1.82) is 0 Å². The molecule has 0 radical (unpaired) electrons. The van der Waals surface area contributed by atoms with Crippen molar-refractivity contribution in [3.8, 4) is 11.8 Å². The van der Waals surface area contributed by atoms with Crippen molar-refractivity contribution in [2.75, 3.05) is 0 Å². The van der Waals surface area contributed by atoms with Crippen LogP contribution in [0, 0.1) is 0 Å². The first-order valence-corrected chi connectivity index (χ1v) is 6.86. The van der Waals surface area contributed by atoms with E-state index in [0.29, 0.717) is 28.4 Å². The molecule has 1 aromatic carbocycles. The molecule has 0 aliphatic rings. The number of halogens is 1. The molecule has 2 aromatic heterocycles. The second kappa shape index (κ2) is 5.09. The monoisotopic (exact) mass is 334 g/mol. The van der Waals surface area contributed by atoms with E-state index in [1.165, 1.54) is 0 Å². The van der Waals surface area contributed by atoms with Crippen LogP contribution in [0.5, 0.6) is 11.8 Å². The molecule has 0 fully saturated rings. The van der Waals surface area contributed by atoms with Gasteiger partial charge < -0.3 is 9.72 Å². The third kappa shape index (κ3) is 2.32. The van der Waals surface area contributed by atoms with Gasteiger partial charge in [-0.15, -0.1) is 5.10 Å². The summed E-state index contributed by atoms with van der Waals surface area (Å²) in [6.45, 7) is 2.61. The fourth-order valence-corrected chi connectivity index (χ4v) is 2.27. The minimum atomic E-state index is -0.117. The molecule has 0 saturated heterocycles. The van der Waals surface area contributed by atoms with Crippen molar-refractivity contribution in [2.45, 2.75) is 13.5 Å². The molecule has 0 saturated carbocycles. The molecule has 0 aliphatic carbocycles. The molecule has 0 atom stereocenters. The van der Waals surface area contributed by atoms with E-state index in [9.17, 15) is 4.79 Å². The average Bonchev–Trinajstić information content (AvgIpc) is 2.79. The highest BCUT2D eigenvalue weighted by atomic mass is 79.9. The number of aryl methyl sites for hydroxylation is 1. The number of fused-ring (bicyclic) bond motifs is 1. The fraction of sp³-hybridized carbons (Fsp3) is 0.154. The molecule has 0 aliphatic heterocycles. The number of aromatic nitrogens is 4. The number of nitrogens with zero attached hydrogens (tertiary/aromatic N) is 3. The Morgan fingerprint density at radius 2 is 2.25 bits per heavy atom. The number of hydrogen-bond donors (Lipinski definition) is 1. The van der Waals surface area contributed by atoms with Crippen LogP contribution in [0.15, 0.2) is 40.0 Å². The molecule has 7 heteroatoms. The molecule has 0 amide bonds. The van der Waals surface area contributed by atoms with Crippen LogP contribution in [-0.2, 0) is 6.54 Å². The summed E-state index contributed by atoms with van der Waals surface area (Å²) >= 11 is 3.22. The van der Waals surface area contributed by atoms with Crippen molar-refractivity contribution in [1.82, 2.24) is 19.7 Å². The maximum absolute atomic E-state index is 11.6. The SMILES string of the molecule is CCn1nc(Br)nc1Oc1ccc2c(=O)[nH]ccc2c1. The Morgan fingerprint density at radius 1 is 1.40 bits per heavy atom. The van der Waals surface area contributed by atoms with Crippen molar-refractivity contribution in [2.24, 2.45) is 0 Å². The Hall–Kier alpha value is -2.15. The third-order valence-corrected chi connectivity index (χ3v) is 3.20. The van der Waals surface area contributed by atoms with Crippen LogP contribution < -0.4 is 10.3 Å². The number of aromatic amines is 1. The number of hydrogen-bond acceptors (Lipinski definition) is 4. The number of nitrogens with one attached hydrogen (secondary N) is 1. The highest BCUT2D eigenvalue weighted by Gasteiger charge is 2.10. The molecule has 3 rings (SSSR count). The lowest BCUT2D eigenvalue weighted by Crippen LogP contribution is -2.04. The number of H-pyrrole nitrogens is 1. The standard InChI is InChI=1S/C13H11BrN4O2/c1-2-18-13(16-12(14)17-18)20-9-3-4-10-8(7-9)5-6-15-11(10)19/h3-7H,2H2,1H3,(H,15,19). The van der Waals surface area contributed by atoms with E-state index in [2.05, 4.69) is 31.0 Å². The smallest absolute Gasteiger partial charge is 0.321 e. The van der Waals surface area contributed by atoms with Crippen LogP contribution in [0.25, 0.3) is 10.8 Å². The summed E-state index contributed by atoms with van der Waals surface area (Å²) in [5.74, 6) is 0.609. The van der Waals surface area contributed by atoms with Gasteiger partial charge in [0.25, 0.3) is 5.56 Å². The van der Waals surface area contributed by atoms with E-state index in [1.54, 1.807) is 29.1 Å². The van der Waals surface area contributed by atoms with Gasteiger partial charge in [0.2, 0.25) is 4.73 Å². The van der Waals surface area contributed by atoms with Crippen LogP contribution >= 0.6 is 15.9 Å². The molecule has 0 spiro atoms. The average molecular weight is 335 g/mol. The van der Waals surface area contributed by atoms with E-state index in [4.69, 9.17) is 4.74 Å². The number of pyridine rings is 1. The van der Waals surface area contributed by atoms with Gasteiger partial charge in [-0.3, -0.25) is 4.79 Å². The van der Waals surface area contributed by atoms with Crippen LogP contribution in [0.3, 0.4) is 0 Å². The summed E-state index contributed by atoms with van der Waals surface area (Å²) in [7, 11) is 0. The number of ether oxygens (including phenoxy) is 1. The summed E-state index contributed by atoms with van der Waals surface area (Å²) < 4.78 is 7.84. The van der Waals surface area contributed by atoms with E-state index < -0.39 is 0 Å². The lowest BCUT2D eigenvalue weighted by Gasteiger charge is -2.06. The van der Waals surface area contributed by atoms with Crippen molar-refractivity contribution >= 4 is 26.7 Å². The first-order chi connectivity index (χ1) is 9.67. The summed E-state index contributed by atoms with van der Waals surface area (Å²) in [5, 5.41) is 5.58. The largest absolute Gasteiger partial charge is 0.424 e. The highest BCUT2D eigenvalue weighted by Crippen LogP contribution is 2.24. The van der Waals surface area contributed by atoms with Gasteiger partial charge in [-0.2, -0.15) is 4.98 Å². The second-order valence-electron chi connectivity index (χ2n) is 4.14. The van der Waals surface area contributed by atoms with E-state index in [1.807, 2.05) is 13.0 Å². The first kappa shape index (κ1) is 12.9. The summed E-state index contributed by atoms with van der Waals surface area (Å²) in [4.78, 5) is 18.4. The van der Waals surface area contributed by atoms with E-state index in [0.717, 1.165) is 5.39 Å². The maximum atomic E-state index is 11.6. The van der Waals surface area contributed by atoms with Crippen molar-refractivity contribution < 1.29 is 4.74 Å². The molecular formula is C13H11BrN4O2. The summed E-state index contributed by atoms with van der Waals surface area (Å²) in [5.41, 5.74) is -0.117. The molecule has 0 unspecified atom stereocenters. The minimum Gasteiger partial charge on any atom is -0.424 e. The van der Waals surface area contributed by atoms with Crippen LogP contribution in [-0.4, -0.2) is 19.7 Å². The predicted octanol–water partition coefficient (Wildman–Crippen LogP) is 2.69. The molecule has 3 aromatic rings. The van der Waals surface area contributed by atoms with Crippen molar-refractivity contribution in [3.05, 3.63) is 45.5 Å². The lowest BCUT2D eigenvalue weighted by molar-refractivity contribution is 0.402. The predicted molar refractivity (Wildman–Crippen MR) is 78.0 cm³/mol. The fourth-order valence-electron chi connectivity index (χ4n) is 1.92. The zero-order valence-corrected chi connectivity index (χ0v) is 12.2. The normalized spacial score (nSPS) is 10.9. The molecule has 1 N–H and O–H groups in total. The van der Waals surface area contributed by atoms with Gasteiger partial charge in [0.05, 0.1) is 0 Å². The Kier molecular flexibility index (Phi) is 3.27. The second-order valence-corrected chi connectivity index (χ2v) is 4.85. The van der Waals surface area contributed by atoms with E-state index in [-0.39, 0.29) is 5.56 Å². The number of benzene rings is 1. The first-order valence-electron chi connectivity index (χ1n) is 6.07. The van der Waals surface area contributed by atoms with Gasteiger partial charge in [0, 0.05) is 18.1 Å². The molecule has 6 nitrogen and oxygen atoms in total. The van der Waals surface area contributed by atoms with Crippen LogP contribution in [0.1, 0.15) is 6.92 Å². The quantitative estimate of drug-likeness (QED) is 0.799. The zero-order valence-electron chi connectivity index (χ0n) is 10.6. The van der Waals surface area contributed by atoms with Gasteiger partial charge in [-0.05, 0) is 52.5 Å².